The first-order valence-corrected chi connectivity index (χ1v) is 11.9. The molecule has 3 rings (SSSR count). The highest BCUT2D eigenvalue weighted by Gasteiger charge is 2.43. The fraction of sp³-hybridized carbons (Fsp3) is 0.667. The van der Waals surface area contributed by atoms with E-state index < -0.39 is 6.10 Å². The zero-order valence-electron chi connectivity index (χ0n) is 19.6. The molecule has 1 aliphatic carbocycles. The predicted molar refractivity (Wildman–Crippen MR) is 123 cm³/mol. The Kier molecular flexibility index (Phi) is 8.72. The monoisotopic (exact) mass is 425 g/mol. The van der Waals surface area contributed by atoms with Crippen LogP contribution in [0.25, 0.3) is 0 Å². The summed E-state index contributed by atoms with van der Waals surface area (Å²) in [7, 11) is 0. The van der Waals surface area contributed by atoms with Crippen LogP contribution in [0.5, 0.6) is 0 Å². The largest absolute Gasteiger partial charge is 0.376 e. The molecule has 0 N–H and O–H groups in total. The molecule has 4 nitrogen and oxygen atoms in total. The number of hydrogen-bond donors (Lipinski definition) is 0. The lowest BCUT2D eigenvalue weighted by molar-refractivity contribution is -0.118. The second-order valence-electron chi connectivity index (χ2n) is 10.1. The second-order valence-corrected chi connectivity index (χ2v) is 10.1. The van der Waals surface area contributed by atoms with Crippen LogP contribution < -0.4 is 0 Å². The van der Waals surface area contributed by atoms with Crippen LogP contribution in [0, 0.1) is 40.4 Å². The van der Waals surface area contributed by atoms with Crippen molar-refractivity contribution in [2.45, 2.75) is 72.4 Å². The lowest BCUT2D eigenvalue weighted by atomic mass is 9.57. The van der Waals surface area contributed by atoms with Crippen molar-refractivity contribution in [2.75, 3.05) is 13.2 Å². The van der Waals surface area contributed by atoms with Gasteiger partial charge in [0.25, 0.3) is 0 Å². The number of ether oxygens (including phenoxy) is 3. The van der Waals surface area contributed by atoms with Gasteiger partial charge in [0.15, 0.2) is 12.4 Å². The van der Waals surface area contributed by atoms with Gasteiger partial charge < -0.3 is 14.2 Å². The summed E-state index contributed by atoms with van der Waals surface area (Å²) in [5, 5.41) is 9.61. The average molecular weight is 426 g/mol. The summed E-state index contributed by atoms with van der Waals surface area (Å²) < 4.78 is 17.7. The smallest absolute Gasteiger partial charge is 0.165 e. The van der Waals surface area contributed by atoms with Gasteiger partial charge in [-0.25, -0.2) is 0 Å². The molecule has 1 heterocycles. The van der Waals surface area contributed by atoms with Crippen LogP contribution in [-0.2, 0) is 20.8 Å². The lowest BCUT2D eigenvalue weighted by Crippen LogP contribution is -2.43. The van der Waals surface area contributed by atoms with Crippen LogP contribution in [0.15, 0.2) is 42.5 Å². The van der Waals surface area contributed by atoms with E-state index in [4.69, 9.17) is 14.2 Å². The quantitative estimate of drug-likeness (QED) is 0.447. The van der Waals surface area contributed by atoms with Gasteiger partial charge in [0, 0.05) is 13.0 Å². The number of allylic oxidation sites excluding steroid dienone is 1. The molecule has 1 aromatic carbocycles. The minimum absolute atomic E-state index is 0.159. The summed E-state index contributed by atoms with van der Waals surface area (Å²) in [4.78, 5) is 0. The topological polar surface area (TPSA) is 51.5 Å². The summed E-state index contributed by atoms with van der Waals surface area (Å²) >= 11 is 0. The molecule has 1 saturated heterocycles. The van der Waals surface area contributed by atoms with E-state index in [1.807, 2.05) is 12.1 Å². The first kappa shape index (κ1) is 24.0. The highest BCUT2D eigenvalue weighted by atomic mass is 16.7. The van der Waals surface area contributed by atoms with E-state index in [0.717, 1.165) is 26.1 Å². The van der Waals surface area contributed by atoms with Gasteiger partial charge in [-0.2, -0.15) is 5.26 Å². The molecule has 0 amide bonds. The Bertz CT molecular complexity index is 731. The third-order valence-corrected chi connectivity index (χ3v) is 7.12. The number of nitriles is 1. The first-order chi connectivity index (χ1) is 14.9. The van der Waals surface area contributed by atoms with Crippen LogP contribution in [-0.4, -0.2) is 25.6 Å². The van der Waals surface area contributed by atoms with E-state index in [1.165, 1.54) is 18.4 Å². The number of hydrogen-bond acceptors (Lipinski definition) is 4. The number of rotatable bonds is 9. The third-order valence-electron chi connectivity index (χ3n) is 7.12. The maximum Gasteiger partial charge on any atom is 0.165 e. The van der Waals surface area contributed by atoms with E-state index in [1.54, 1.807) is 0 Å². The Labute approximate surface area is 188 Å². The van der Waals surface area contributed by atoms with Gasteiger partial charge in [0.1, 0.15) is 0 Å². The maximum atomic E-state index is 9.61. The molecule has 1 aromatic rings. The van der Waals surface area contributed by atoms with Gasteiger partial charge in [0.05, 0.1) is 19.3 Å². The van der Waals surface area contributed by atoms with E-state index in [2.05, 4.69) is 64.1 Å². The normalized spacial score (nSPS) is 29.3. The summed E-state index contributed by atoms with van der Waals surface area (Å²) in [6.07, 6.45) is 7.67. The van der Waals surface area contributed by atoms with Gasteiger partial charge in [-0.3, -0.25) is 0 Å². The maximum absolute atomic E-state index is 9.61. The molecule has 4 heteroatoms. The highest BCUT2D eigenvalue weighted by molar-refractivity contribution is 5.13. The molecule has 0 aromatic heterocycles. The van der Waals surface area contributed by atoms with Gasteiger partial charge in [0.2, 0.25) is 0 Å². The zero-order chi connectivity index (χ0) is 22.3. The van der Waals surface area contributed by atoms with Crippen LogP contribution >= 0.6 is 0 Å². The Morgan fingerprint density at radius 3 is 2.65 bits per heavy atom. The minimum Gasteiger partial charge on any atom is -0.376 e. The Hall–Kier alpha value is -1.67. The lowest BCUT2D eigenvalue weighted by Gasteiger charge is -2.48. The highest BCUT2D eigenvalue weighted by Crippen LogP contribution is 2.49. The molecule has 0 bridgehead atoms. The zero-order valence-corrected chi connectivity index (χ0v) is 19.6. The third kappa shape index (κ3) is 6.65. The Morgan fingerprint density at radius 2 is 2.00 bits per heavy atom. The summed E-state index contributed by atoms with van der Waals surface area (Å²) in [5.41, 5.74) is 1.37. The van der Waals surface area contributed by atoms with Crippen LogP contribution in [0.3, 0.4) is 0 Å². The van der Waals surface area contributed by atoms with Crippen LogP contribution in [0.1, 0.15) is 58.9 Å². The van der Waals surface area contributed by atoms with Crippen molar-refractivity contribution in [1.82, 2.24) is 0 Å². The van der Waals surface area contributed by atoms with Gasteiger partial charge in [-0.05, 0) is 60.0 Å². The molecule has 2 fully saturated rings. The molecule has 0 spiro atoms. The molecular weight excluding hydrogens is 386 g/mol. The average Bonchev–Trinajstić information content (AvgIpc) is 3.25. The number of benzene rings is 1. The van der Waals surface area contributed by atoms with Gasteiger partial charge in [-0.1, -0.05) is 64.1 Å². The van der Waals surface area contributed by atoms with E-state index in [-0.39, 0.29) is 11.7 Å². The molecule has 170 valence electrons. The summed E-state index contributed by atoms with van der Waals surface area (Å²) in [6.45, 7) is 11.5. The molecule has 5 atom stereocenters. The first-order valence-electron chi connectivity index (χ1n) is 11.9. The van der Waals surface area contributed by atoms with Crippen molar-refractivity contribution in [3.05, 3.63) is 48.0 Å². The van der Waals surface area contributed by atoms with Crippen LogP contribution in [0.4, 0.5) is 0 Å². The van der Waals surface area contributed by atoms with E-state index in [9.17, 15) is 5.26 Å². The fourth-order valence-corrected chi connectivity index (χ4v) is 5.27. The SMILES string of the molecule is CC(C)[C@@H]1CCC(C)(C)[C@H](/C=C/C(C#N)OC2CCCO2)[C@H]1COCc1ccccc1. The van der Waals surface area contributed by atoms with Crippen molar-refractivity contribution >= 4 is 0 Å². The van der Waals surface area contributed by atoms with Crippen molar-refractivity contribution in [2.24, 2.45) is 29.1 Å². The van der Waals surface area contributed by atoms with Crippen molar-refractivity contribution < 1.29 is 14.2 Å². The van der Waals surface area contributed by atoms with Crippen molar-refractivity contribution in [3.63, 3.8) is 0 Å². The molecule has 2 unspecified atom stereocenters. The molecule has 2 aliphatic rings. The summed E-state index contributed by atoms with van der Waals surface area (Å²) in [6, 6.07) is 12.7. The molecule has 1 saturated carbocycles. The molecule has 31 heavy (non-hydrogen) atoms. The Balaban J connectivity index is 1.72. The second kappa shape index (κ2) is 11.3. The Morgan fingerprint density at radius 1 is 1.23 bits per heavy atom. The van der Waals surface area contributed by atoms with Crippen molar-refractivity contribution in [3.8, 4) is 6.07 Å². The van der Waals surface area contributed by atoms with Gasteiger partial charge >= 0.3 is 0 Å². The van der Waals surface area contributed by atoms with Crippen LogP contribution in [0.2, 0.25) is 0 Å². The van der Waals surface area contributed by atoms with E-state index >= 15 is 0 Å². The molecule has 1 aliphatic heterocycles. The van der Waals surface area contributed by atoms with Crippen molar-refractivity contribution in [1.29, 1.82) is 5.26 Å². The molecule has 0 radical (unpaired) electrons. The molecular formula is C27H39NO3. The number of nitrogens with zero attached hydrogens (tertiary/aromatic N) is 1. The predicted octanol–water partition coefficient (Wildman–Crippen LogP) is 6.13. The van der Waals surface area contributed by atoms with Gasteiger partial charge in [-0.15, -0.1) is 0 Å². The standard InChI is InChI=1S/C27H39NO3/c1-20(2)23-14-15-27(3,4)25(13-12-22(17-28)31-26-11-8-16-30-26)24(23)19-29-18-21-9-6-5-7-10-21/h5-7,9-10,12-13,20,22-26H,8,11,14-16,18-19H2,1-4H3/b13-12+/t22?,23-,24-,25+,26?/m0/s1. The van der Waals surface area contributed by atoms with E-state index in [0.29, 0.717) is 30.3 Å². The fourth-order valence-electron chi connectivity index (χ4n) is 5.27. The summed E-state index contributed by atoms with van der Waals surface area (Å²) in [5.74, 6) is 1.98. The minimum atomic E-state index is -0.566.